The summed E-state index contributed by atoms with van der Waals surface area (Å²) in [5.41, 5.74) is -0.00789. The van der Waals surface area contributed by atoms with E-state index in [1.807, 2.05) is 6.92 Å². The van der Waals surface area contributed by atoms with Gasteiger partial charge in [-0.25, -0.2) is 0 Å². The third kappa shape index (κ3) is 3.38. The van der Waals surface area contributed by atoms with Gasteiger partial charge in [-0.3, -0.25) is 15.0 Å². The van der Waals surface area contributed by atoms with Crippen LogP contribution in [0.4, 0.5) is 5.69 Å². The summed E-state index contributed by atoms with van der Waals surface area (Å²) in [6, 6.07) is 9.04. The molecule has 1 aliphatic rings. The van der Waals surface area contributed by atoms with Gasteiger partial charge in [0, 0.05) is 44.2 Å². The Kier molecular flexibility index (Phi) is 4.56. The van der Waals surface area contributed by atoms with E-state index in [9.17, 15) is 15.4 Å². The van der Waals surface area contributed by atoms with Crippen LogP contribution in [0.1, 0.15) is 12.5 Å². The number of hydrogen-bond donors (Lipinski definition) is 0. The van der Waals surface area contributed by atoms with Crippen molar-refractivity contribution < 1.29 is 4.92 Å². The molecule has 0 aromatic heterocycles. The third-order valence-corrected chi connectivity index (χ3v) is 4.17. The van der Waals surface area contributed by atoms with Crippen molar-refractivity contribution in [3.63, 3.8) is 0 Å². The Hall–Kier alpha value is -1.97. The maximum absolute atomic E-state index is 11.1. The van der Waals surface area contributed by atoms with E-state index in [1.165, 1.54) is 6.07 Å². The van der Waals surface area contributed by atoms with E-state index in [-0.39, 0.29) is 10.6 Å². The van der Waals surface area contributed by atoms with Crippen molar-refractivity contribution in [2.24, 2.45) is 0 Å². The van der Waals surface area contributed by atoms with E-state index in [2.05, 4.69) is 22.9 Å². The highest BCUT2D eigenvalue weighted by atomic mass is 16.6. The number of benzene rings is 1. The number of hydrogen-bond acceptors (Lipinski definition) is 5. The van der Waals surface area contributed by atoms with E-state index < -0.39 is 5.54 Å². The molecule has 1 heterocycles. The molecule has 0 amide bonds. The third-order valence-electron chi connectivity index (χ3n) is 4.17. The predicted molar refractivity (Wildman–Crippen MR) is 79.9 cm³/mol. The van der Waals surface area contributed by atoms with E-state index in [0.29, 0.717) is 12.0 Å². The summed E-state index contributed by atoms with van der Waals surface area (Å²) in [6.45, 7) is 5.31. The zero-order valence-electron chi connectivity index (χ0n) is 12.5. The molecule has 0 spiro atoms. The molecule has 6 heteroatoms. The smallest absolute Gasteiger partial charge is 0.272 e. The first-order valence-electron chi connectivity index (χ1n) is 7.03. The predicted octanol–water partition coefficient (Wildman–Crippen LogP) is 1.67. The van der Waals surface area contributed by atoms with Gasteiger partial charge in [-0.05, 0) is 14.0 Å². The molecule has 1 aromatic carbocycles. The second-order valence-corrected chi connectivity index (χ2v) is 5.74. The van der Waals surface area contributed by atoms with Gasteiger partial charge in [0.2, 0.25) is 0 Å². The minimum Gasteiger partial charge on any atom is -0.304 e. The zero-order chi connectivity index (χ0) is 15.5. The van der Waals surface area contributed by atoms with Crippen LogP contribution in [0.2, 0.25) is 0 Å². The maximum Gasteiger partial charge on any atom is 0.272 e. The van der Waals surface area contributed by atoms with Crippen molar-refractivity contribution >= 4 is 5.69 Å². The summed E-state index contributed by atoms with van der Waals surface area (Å²) in [5.74, 6) is 0. The highest BCUT2D eigenvalue weighted by molar-refractivity contribution is 5.41. The quantitative estimate of drug-likeness (QED) is 0.622. The molecular formula is C15H20N4O2. The Morgan fingerprint density at radius 3 is 2.52 bits per heavy atom. The zero-order valence-corrected chi connectivity index (χ0v) is 12.5. The van der Waals surface area contributed by atoms with Crippen molar-refractivity contribution in [2.45, 2.75) is 18.9 Å². The number of likely N-dealkylation sites (N-methyl/N-ethyl adjacent to an activating group) is 1. The second kappa shape index (κ2) is 6.20. The Labute approximate surface area is 124 Å². The van der Waals surface area contributed by atoms with E-state index in [1.54, 1.807) is 18.2 Å². The average molecular weight is 288 g/mol. The molecule has 112 valence electrons. The minimum atomic E-state index is -0.715. The van der Waals surface area contributed by atoms with Crippen LogP contribution < -0.4 is 0 Å². The van der Waals surface area contributed by atoms with Crippen LogP contribution in [-0.2, 0) is 6.42 Å². The summed E-state index contributed by atoms with van der Waals surface area (Å²) < 4.78 is 0. The van der Waals surface area contributed by atoms with Gasteiger partial charge in [0.1, 0.15) is 5.54 Å². The first-order valence-corrected chi connectivity index (χ1v) is 7.03. The number of para-hydroxylation sites is 1. The molecule has 1 unspecified atom stereocenters. The fraction of sp³-hybridized carbons (Fsp3) is 0.533. The molecular weight excluding hydrogens is 268 g/mol. The Morgan fingerprint density at radius 1 is 1.33 bits per heavy atom. The summed E-state index contributed by atoms with van der Waals surface area (Å²) in [7, 11) is 2.06. The van der Waals surface area contributed by atoms with E-state index in [0.717, 1.165) is 26.2 Å². The SMILES string of the molecule is CN1CCN(C(C)(C#N)Cc2ccccc2[N+](=O)[O-])CC1. The Morgan fingerprint density at radius 2 is 1.95 bits per heavy atom. The first kappa shape index (κ1) is 15.4. The lowest BCUT2D eigenvalue weighted by atomic mass is 9.91. The molecule has 1 saturated heterocycles. The molecule has 1 fully saturated rings. The summed E-state index contributed by atoms with van der Waals surface area (Å²) in [4.78, 5) is 15.1. The molecule has 0 aliphatic carbocycles. The number of nitrogens with zero attached hydrogens (tertiary/aromatic N) is 4. The van der Waals surface area contributed by atoms with Gasteiger partial charge in [0.25, 0.3) is 5.69 Å². The lowest BCUT2D eigenvalue weighted by Gasteiger charge is -2.41. The number of nitro groups is 1. The van der Waals surface area contributed by atoms with Crippen LogP contribution in [-0.4, -0.2) is 53.5 Å². The summed E-state index contributed by atoms with van der Waals surface area (Å²) >= 11 is 0. The normalized spacial score (nSPS) is 19.7. The molecule has 0 radical (unpaired) electrons. The topological polar surface area (TPSA) is 73.4 Å². The van der Waals surface area contributed by atoms with Gasteiger partial charge in [-0.1, -0.05) is 18.2 Å². The van der Waals surface area contributed by atoms with Crippen LogP contribution >= 0.6 is 0 Å². The molecule has 21 heavy (non-hydrogen) atoms. The van der Waals surface area contributed by atoms with E-state index >= 15 is 0 Å². The lowest BCUT2D eigenvalue weighted by Crippen LogP contribution is -2.55. The first-order chi connectivity index (χ1) is 9.96. The highest BCUT2D eigenvalue weighted by Crippen LogP contribution is 2.27. The van der Waals surface area contributed by atoms with Crippen LogP contribution in [0, 0.1) is 21.4 Å². The molecule has 1 aromatic rings. The number of nitro benzene ring substituents is 1. The maximum atomic E-state index is 11.1. The van der Waals surface area contributed by atoms with E-state index in [4.69, 9.17) is 0 Å². The number of rotatable bonds is 4. The molecule has 0 N–H and O–H groups in total. The monoisotopic (exact) mass is 288 g/mol. The fourth-order valence-corrected chi connectivity index (χ4v) is 2.73. The standard InChI is InChI=1S/C15H20N4O2/c1-15(12-16,18-9-7-17(2)8-10-18)11-13-5-3-4-6-14(13)19(20)21/h3-6H,7-11H2,1-2H3. The number of nitriles is 1. The second-order valence-electron chi connectivity index (χ2n) is 5.74. The summed E-state index contributed by atoms with van der Waals surface area (Å²) in [6.07, 6.45) is 0.365. The van der Waals surface area contributed by atoms with Crippen LogP contribution in [0.15, 0.2) is 24.3 Å². The van der Waals surface area contributed by atoms with Gasteiger partial charge in [0.15, 0.2) is 0 Å². The molecule has 1 atom stereocenters. The van der Waals surface area contributed by atoms with Gasteiger partial charge < -0.3 is 4.90 Å². The van der Waals surface area contributed by atoms with Gasteiger partial charge >= 0.3 is 0 Å². The average Bonchev–Trinajstić information content (AvgIpc) is 2.48. The van der Waals surface area contributed by atoms with Gasteiger partial charge in [-0.2, -0.15) is 5.26 Å². The van der Waals surface area contributed by atoms with Crippen LogP contribution in [0.5, 0.6) is 0 Å². The van der Waals surface area contributed by atoms with Crippen LogP contribution in [0.25, 0.3) is 0 Å². The molecule has 0 bridgehead atoms. The Balaban J connectivity index is 2.23. The largest absolute Gasteiger partial charge is 0.304 e. The van der Waals surface area contributed by atoms with Crippen molar-refractivity contribution in [2.75, 3.05) is 33.2 Å². The lowest BCUT2D eigenvalue weighted by molar-refractivity contribution is -0.385. The van der Waals surface area contributed by atoms with Crippen molar-refractivity contribution in [1.82, 2.24) is 9.80 Å². The molecule has 1 aliphatic heterocycles. The van der Waals surface area contributed by atoms with Gasteiger partial charge in [0.05, 0.1) is 11.0 Å². The van der Waals surface area contributed by atoms with Crippen molar-refractivity contribution in [3.05, 3.63) is 39.9 Å². The van der Waals surface area contributed by atoms with Crippen molar-refractivity contribution in [3.8, 4) is 6.07 Å². The molecule has 6 nitrogen and oxygen atoms in total. The van der Waals surface area contributed by atoms with Gasteiger partial charge in [-0.15, -0.1) is 0 Å². The van der Waals surface area contributed by atoms with Crippen molar-refractivity contribution in [1.29, 1.82) is 5.26 Å². The Bertz CT molecular complexity index is 561. The molecule has 2 rings (SSSR count). The minimum absolute atomic E-state index is 0.0908. The summed E-state index contributed by atoms with van der Waals surface area (Å²) in [5, 5.41) is 20.7. The molecule has 0 saturated carbocycles. The highest BCUT2D eigenvalue weighted by Gasteiger charge is 2.35. The van der Waals surface area contributed by atoms with Crippen LogP contribution in [0.3, 0.4) is 0 Å². The number of piperazine rings is 1. The fourth-order valence-electron chi connectivity index (χ4n) is 2.73.